The number of nitrogens with zero attached hydrogens (tertiary/aromatic N) is 1. The Morgan fingerprint density at radius 2 is 2.22 bits per heavy atom. The lowest BCUT2D eigenvalue weighted by Crippen LogP contribution is -2.39. The normalized spacial score (nSPS) is 22.1. The van der Waals surface area contributed by atoms with Crippen molar-refractivity contribution in [2.75, 3.05) is 26.7 Å². The van der Waals surface area contributed by atoms with Gasteiger partial charge in [-0.15, -0.1) is 0 Å². The van der Waals surface area contributed by atoms with Crippen LogP contribution in [0.4, 0.5) is 0 Å². The Morgan fingerprint density at radius 3 is 2.83 bits per heavy atom. The zero-order valence-electron chi connectivity index (χ0n) is 11.9. The van der Waals surface area contributed by atoms with Gasteiger partial charge in [0.2, 0.25) is 0 Å². The average Bonchev–Trinajstić information content (AvgIpc) is 2.35. The second-order valence-electron chi connectivity index (χ2n) is 5.96. The molecule has 4 heteroatoms. The third-order valence-corrected chi connectivity index (χ3v) is 3.95. The number of carboxylic acids is 1. The van der Waals surface area contributed by atoms with Gasteiger partial charge in [-0.2, -0.15) is 0 Å². The molecule has 1 aliphatic rings. The van der Waals surface area contributed by atoms with Gasteiger partial charge in [-0.1, -0.05) is 0 Å². The molecule has 1 aliphatic heterocycles. The van der Waals surface area contributed by atoms with Crippen LogP contribution >= 0.6 is 0 Å². The molecule has 0 aliphatic carbocycles. The first-order chi connectivity index (χ1) is 8.43. The molecule has 1 fully saturated rings. The van der Waals surface area contributed by atoms with Gasteiger partial charge >= 0.3 is 5.97 Å². The summed E-state index contributed by atoms with van der Waals surface area (Å²) < 4.78 is 5.43. The van der Waals surface area contributed by atoms with Gasteiger partial charge in [0.15, 0.2) is 0 Å². The fourth-order valence-corrected chi connectivity index (χ4v) is 2.45. The highest BCUT2D eigenvalue weighted by Gasteiger charge is 2.23. The van der Waals surface area contributed by atoms with Crippen LogP contribution in [0.2, 0.25) is 0 Å². The molecule has 1 atom stereocenters. The Kier molecular flexibility index (Phi) is 6.09. The van der Waals surface area contributed by atoms with E-state index in [4.69, 9.17) is 9.84 Å². The quantitative estimate of drug-likeness (QED) is 0.760. The fourth-order valence-electron chi connectivity index (χ4n) is 2.45. The summed E-state index contributed by atoms with van der Waals surface area (Å²) in [5.74, 6) is -0.117. The topological polar surface area (TPSA) is 49.8 Å². The van der Waals surface area contributed by atoms with Crippen molar-refractivity contribution in [3.8, 4) is 0 Å². The Labute approximate surface area is 110 Å². The van der Waals surface area contributed by atoms with Gasteiger partial charge in [0.25, 0.3) is 0 Å². The molecule has 0 radical (unpaired) electrons. The standard InChI is InChI=1S/C14H27NO3/c1-14(2,18-3)8-10-15-9-4-5-12(11-15)6-7-13(16)17/h12H,4-11H2,1-3H3,(H,16,17). The lowest BCUT2D eigenvalue weighted by Gasteiger charge is -2.34. The Hall–Kier alpha value is -0.610. The second-order valence-corrected chi connectivity index (χ2v) is 5.96. The van der Waals surface area contributed by atoms with Crippen molar-refractivity contribution in [2.45, 2.75) is 51.6 Å². The van der Waals surface area contributed by atoms with E-state index in [2.05, 4.69) is 18.7 Å². The summed E-state index contributed by atoms with van der Waals surface area (Å²) in [5, 5.41) is 8.72. The van der Waals surface area contributed by atoms with Gasteiger partial charge in [0.05, 0.1) is 5.60 Å². The number of aliphatic carboxylic acids is 1. The van der Waals surface area contributed by atoms with Crippen LogP contribution in [-0.2, 0) is 9.53 Å². The molecule has 1 saturated heterocycles. The van der Waals surface area contributed by atoms with Crippen molar-refractivity contribution >= 4 is 5.97 Å². The summed E-state index contributed by atoms with van der Waals surface area (Å²) in [5.41, 5.74) is -0.0615. The monoisotopic (exact) mass is 257 g/mol. The van der Waals surface area contributed by atoms with E-state index in [0.29, 0.717) is 12.3 Å². The maximum Gasteiger partial charge on any atom is 0.303 e. The summed E-state index contributed by atoms with van der Waals surface area (Å²) in [4.78, 5) is 13.0. The first-order valence-corrected chi connectivity index (χ1v) is 6.92. The first kappa shape index (κ1) is 15.4. The zero-order chi connectivity index (χ0) is 13.6. The molecule has 1 heterocycles. The highest BCUT2D eigenvalue weighted by molar-refractivity contribution is 5.66. The predicted octanol–water partition coefficient (Wildman–Crippen LogP) is 2.38. The predicted molar refractivity (Wildman–Crippen MR) is 71.7 cm³/mol. The molecule has 0 aromatic carbocycles. The number of carboxylic acid groups (broad SMARTS) is 1. The molecule has 1 unspecified atom stereocenters. The van der Waals surface area contributed by atoms with E-state index in [0.717, 1.165) is 32.5 Å². The molecule has 0 saturated carbocycles. The van der Waals surface area contributed by atoms with Crippen molar-refractivity contribution in [1.29, 1.82) is 0 Å². The first-order valence-electron chi connectivity index (χ1n) is 6.92. The lowest BCUT2D eigenvalue weighted by atomic mass is 9.93. The molecule has 106 valence electrons. The number of rotatable bonds is 7. The summed E-state index contributed by atoms with van der Waals surface area (Å²) in [6.45, 7) is 7.46. The number of piperidine rings is 1. The number of likely N-dealkylation sites (tertiary alicyclic amines) is 1. The third-order valence-electron chi connectivity index (χ3n) is 3.95. The molecule has 1 rings (SSSR count). The Morgan fingerprint density at radius 1 is 1.50 bits per heavy atom. The summed E-state index contributed by atoms with van der Waals surface area (Å²) in [7, 11) is 1.76. The van der Waals surface area contributed by atoms with Gasteiger partial charge in [0, 0.05) is 26.6 Å². The molecule has 0 spiro atoms. The number of hydrogen-bond acceptors (Lipinski definition) is 3. The van der Waals surface area contributed by atoms with E-state index < -0.39 is 5.97 Å². The van der Waals surface area contributed by atoms with Gasteiger partial charge in [0.1, 0.15) is 0 Å². The van der Waals surface area contributed by atoms with E-state index >= 15 is 0 Å². The fraction of sp³-hybridized carbons (Fsp3) is 0.929. The molecule has 0 aromatic heterocycles. The SMILES string of the molecule is COC(C)(C)CCN1CCCC(CCC(=O)O)C1. The minimum absolute atomic E-state index is 0.0615. The molecule has 0 amide bonds. The van der Waals surface area contributed by atoms with E-state index in [1.54, 1.807) is 7.11 Å². The van der Waals surface area contributed by atoms with Crippen LogP contribution in [0.15, 0.2) is 0 Å². The molecule has 1 N–H and O–H groups in total. The number of ether oxygens (including phenoxy) is 1. The number of methoxy groups -OCH3 is 1. The molecule has 0 bridgehead atoms. The van der Waals surface area contributed by atoms with Crippen LogP contribution in [0.5, 0.6) is 0 Å². The van der Waals surface area contributed by atoms with E-state index in [-0.39, 0.29) is 5.60 Å². The minimum atomic E-state index is -0.673. The van der Waals surface area contributed by atoms with Crippen LogP contribution in [0, 0.1) is 5.92 Å². The Bertz CT molecular complexity index is 266. The highest BCUT2D eigenvalue weighted by Crippen LogP contribution is 2.22. The van der Waals surface area contributed by atoms with Crippen molar-refractivity contribution in [2.24, 2.45) is 5.92 Å². The Balaban J connectivity index is 2.28. The average molecular weight is 257 g/mol. The molecule has 18 heavy (non-hydrogen) atoms. The van der Waals surface area contributed by atoms with Crippen LogP contribution < -0.4 is 0 Å². The number of hydrogen-bond donors (Lipinski definition) is 1. The van der Waals surface area contributed by atoms with Crippen LogP contribution in [-0.4, -0.2) is 48.3 Å². The second kappa shape index (κ2) is 7.10. The van der Waals surface area contributed by atoms with Crippen molar-refractivity contribution in [3.63, 3.8) is 0 Å². The third kappa shape index (κ3) is 5.83. The van der Waals surface area contributed by atoms with Gasteiger partial charge in [-0.3, -0.25) is 4.79 Å². The number of carbonyl (C=O) groups is 1. The van der Waals surface area contributed by atoms with E-state index in [1.165, 1.54) is 12.8 Å². The largest absolute Gasteiger partial charge is 0.481 e. The molecular formula is C14H27NO3. The smallest absolute Gasteiger partial charge is 0.303 e. The van der Waals surface area contributed by atoms with Crippen molar-refractivity contribution in [3.05, 3.63) is 0 Å². The van der Waals surface area contributed by atoms with Crippen LogP contribution in [0.3, 0.4) is 0 Å². The van der Waals surface area contributed by atoms with Crippen LogP contribution in [0.25, 0.3) is 0 Å². The van der Waals surface area contributed by atoms with E-state index in [9.17, 15) is 4.79 Å². The lowest BCUT2D eigenvalue weighted by molar-refractivity contribution is -0.137. The van der Waals surface area contributed by atoms with E-state index in [1.807, 2.05) is 0 Å². The zero-order valence-corrected chi connectivity index (χ0v) is 11.9. The van der Waals surface area contributed by atoms with Gasteiger partial charge in [-0.25, -0.2) is 0 Å². The molecule has 0 aromatic rings. The summed E-state index contributed by atoms with van der Waals surface area (Å²) >= 11 is 0. The molecular weight excluding hydrogens is 230 g/mol. The summed E-state index contributed by atoms with van der Waals surface area (Å²) in [6.07, 6.45) is 4.52. The maximum atomic E-state index is 10.6. The summed E-state index contributed by atoms with van der Waals surface area (Å²) in [6, 6.07) is 0. The van der Waals surface area contributed by atoms with Gasteiger partial charge in [-0.05, 0) is 52.0 Å². The van der Waals surface area contributed by atoms with Crippen molar-refractivity contribution < 1.29 is 14.6 Å². The highest BCUT2D eigenvalue weighted by atomic mass is 16.5. The minimum Gasteiger partial charge on any atom is -0.481 e. The molecule has 4 nitrogen and oxygen atoms in total. The van der Waals surface area contributed by atoms with Gasteiger partial charge < -0.3 is 14.7 Å². The van der Waals surface area contributed by atoms with Crippen LogP contribution in [0.1, 0.15) is 46.0 Å². The maximum absolute atomic E-state index is 10.6. The van der Waals surface area contributed by atoms with Crippen molar-refractivity contribution in [1.82, 2.24) is 4.90 Å².